The molecule has 2 unspecified atom stereocenters. The molecule has 7 heteroatoms. The van der Waals surface area contributed by atoms with Crippen molar-refractivity contribution in [3.8, 4) is 0 Å². The number of fused-ring (bicyclic) bond motifs is 1. The van der Waals surface area contributed by atoms with E-state index in [0.717, 1.165) is 11.1 Å². The molecule has 1 N–H and O–H groups in total. The highest BCUT2D eigenvalue weighted by atomic mass is 32.1. The fourth-order valence-corrected chi connectivity index (χ4v) is 4.41. The highest BCUT2D eigenvalue weighted by molar-refractivity contribution is 7.81. The lowest BCUT2D eigenvalue weighted by molar-refractivity contribution is 0.101. The van der Waals surface area contributed by atoms with E-state index in [0.29, 0.717) is 5.69 Å². The first-order valence-electron chi connectivity index (χ1n) is 8.50. The van der Waals surface area contributed by atoms with E-state index in [2.05, 4.69) is 31.2 Å². The monoisotopic (exact) mass is 379 g/mol. The Morgan fingerprint density at radius 3 is 2.65 bits per heavy atom. The van der Waals surface area contributed by atoms with E-state index in [9.17, 15) is 13.6 Å². The van der Waals surface area contributed by atoms with Crippen LogP contribution in [0.1, 0.15) is 65.9 Å². The van der Waals surface area contributed by atoms with Gasteiger partial charge in [-0.05, 0) is 35.6 Å². The summed E-state index contributed by atoms with van der Waals surface area (Å²) in [4.78, 5) is 12.7. The molecular weight excluding hydrogens is 356 g/mol. The van der Waals surface area contributed by atoms with Crippen LogP contribution in [-0.4, -0.2) is 20.9 Å². The first-order valence-corrected chi connectivity index (χ1v) is 9.02. The number of aromatic nitrogens is 2. The van der Waals surface area contributed by atoms with Crippen molar-refractivity contribution in [2.75, 3.05) is 5.32 Å². The number of alkyl halides is 2. The third-order valence-electron chi connectivity index (χ3n) is 5.32. The van der Waals surface area contributed by atoms with Gasteiger partial charge in [0.25, 0.3) is 12.3 Å². The number of nitrogens with one attached hydrogen (secondary N) is 1. The Hall–Kier alpha value is -1.89. The van der Waals surface area contributed by atoms with Crippen molar-refractivity contribution in [3.63, 3.8) is 0 Å². The number of hydrogen-bond donors (Lipinski definition) is 2. The Bertz CT molecular complexity index is 876. The summed E-state index contributed by atoms with van der Waals surface area (Å²) >= 11 is 4.79. The van der Waals surface area contributed by atoms with Gasteiger partial charge in [0.2, 0.25) is 0 Å². The topological polar surface area (TPSA) is 46.9 Å². The quantitative estimate of drug-likeness (QED) is 0.765. The molecule has 3 rings (SSSR count). The minimum atomic E-state index is -2.81. The molecule has 1 aromatic carbocycles. The molecule has 0 fully saturated rings. The van der Waals surface area contributed by atoms with Gasteiger partial charge in [-0.25, -0.2) is 8.78 Å². The van der Waals surface area contributed by atoms with Crippen LogP contribution in [0.5, 0.6) is 0 Å². The number of carbonyl (C=O) groups excluding carboxylic acids is 1. The Kier molecular flexibility index (Phi) is 4.63. The minimum Gasteiger partial charge on any atom is -0.322 e. The zero-order valence-corrected chi connectivity index (χ0v) is 16.4. The van der Waals surface area contributed by atoms with Crippen molar-refractivity contribution >= 4 is 24.2 Å². The molecule has 0 bridgehead atoms. The standard InChI is InChI=1S/C19H23F2N3OS/c1-9-6-7-12(13-10(2)16(26)19(3,4)14(9)13)22-18(25)11-8-24(5)23-15(11)17(20)21/h6-8,10,16-17,26H,1-5H3,(H,22,25). The van der Waals surface area contributed by atoms with E-state index in [4.69, 9.17) is 12.6 Å². The first kappa shape index (κ1) is 18.9. The van der Waals surface area contributed by atoms with E-state index in [1.165, 1.54) is 23.5 Å². The van der Waals surface area contributed by atoms with Gasteiger partial charge in [0, 0.05) is 29.6 Å². The zero-order chi connectivity index (χ0) is 19.4. The largest absolute Gasteiger partial charge is 0.322 e. The molecule has 1 aliphatic rings. The summed E-state index contributed by atoms with van der Waals surface area (Å²) in [7, 11) is 1.52. The molecule has 1 heterocycles. The van der Waals surface area contributed by atoms with Crippen LogP contribution < -0.4 is 5.32 Å². The van der Waals surface area contributed by atoms with Gasteiger partial charge in [0.15, 0.2) is 0 Å². The number of aryl methyl sites for hydroxylation is 2. The average molecular weight is 379 g/mol. The lowest BCUT2D eigenvalue weighted by atomic mass is 9.83. The number of nitrogens with zero attached hydrogens (tertiary/aromatic N) is 2. The summed E-state index contributed by atoms with van der Waals surface area (Å²) in [5.41, 5.74) is 3.23. The van der Waals surface area contributed by atoms with Crippen molar-refractivity contribution in [2.45, 2.75) is 50.7 Å². The molecule has 2 aromatic rings. The maximum atomic E-state index is 13.2. The van der Waals surface area contributed by atoms with Crippen LogP contribution in [-0.2, 0) is 12.5 Å². The molecule has 1 amide bonds. The predicted molar refractivity (Wildman–Crippen MR) is 102 cm³/mol. The van der Waals surface area contributed by atoms with Gasteiger partial charge in [-0.3, -0.25) is 9.48 Å². The lowest BCUT2D eigenvalue weighted by Gasteiger charge is -2.27. The van der Waals surface area contributed by atoms with Gasteiger partial charge in [0.1, 0.15) is 5.69 Å². The number of amides is 1. The number of halogens is 2. The smallest absolute Gasteiger partial charge is 0.282 e. The van der Waals surface area contributed by atoms with Gasteiger partial charge < -0.3 is 5.32 Å². The minimum absolute atomic E-state index is 0.101. The molecular formula is C19H23F2N3OS. The van der Waals surface area contributed by atoms with E-state index in [1.54, 1.807) is 0 Å². The molecule has 1 aliphatic carbocycles. The molecule has 0 saturated heterocycles. The van der Waals surface area contributed by atoms with Gasteiger partial charge in [0.05, 0.1) is 5.56 Å². The highest BCUT2D eigenvalue weighted by Gasteiger charge is 2.44. The molecule has 4 nitrogen and oxygen atoms in total. The number of carbonyl (C=O) groups is 1. The second-order valence-electron chi connectivity index (χ2n) is 7.53. The molecule has 26 heavy (non-hydrogen) atoms. The number of rotatable bonds is 3. The summed E-state index contributed by atoms with van der Waals surface area (Å²) in [6.07, 6.45) is -1.49. The summed E-state index contributed by atoms with van der Waals surface area (Å²) in [6, 6.07) is 3.79. The first-order chi connectivity index (χ1) is 12.1. The number of hydrogen-bond acceptors (Lipinski definition) is 3. The van der Waals surface area contributed by atoms with E-state index in [-0.39, 0.29) is 22.1 Å². The van der Waals surface area contributed by atoms with Gasteiger partial charge in [-0.2, -0.15) is 17.7 Å². The van der Waals surface area contributed by atoms with Crippen molar-refractivity contribution in [1.82, 2.24) is 9.78 Å². The fraction of sp³-hybridized carbons (Fsp3) is 0.474. The van der Waals surface area contributed by atoms with Crippen LogP contribution >= 0.6 is 12.6 Å². The third-order valence-corrected chi connectivity index (χ3v) is 6.42. The summed E-state index contributed by atoms with van der Waals surface area (Å²) < 4.78 is 27.6. The van der Waals surface area contributed by atoms with Crippen molar-refractivity contribution in [3.05, 3.63) is 46.3 Å². The maximum absolute atomic E-state index is 13.2. The normalized spacial score (nSPS) is 21.1. The number of anilines is 1. The predicted octanol–water partition coefficient (Wildman–Crippen LogP) is 4.61. The highest BCUT2D eigenvalue weighted by Crippen LogP contribution is 2.52. The molecule has 0 saturated carbocycles. The average Bonchev–Trinajstić information content (AvgIpc) is 3.03. The molecule has 0 aliphatic heterocycles. The third kappa shape index (κ3) is 2.82. The summed E-state index contributed by atoms with van der Waals surface area (Å²) in [5, 5.41) is 6.63. The molecule has 2 atom stereocenters. The lowest BCUT2D eigenvalue weighted by Crippen LogP contribution is -2.26. The molecule has 0 radical (unpaired) electrons. The van der Waals surface area contributed by atoms with E-state index >= 15 is 0 Å². The number of thiol groups is 1. The zero-order valence-electron chi connectivity index (χ0n) is 15.5. The molecule has 140 valence electrons. The van der Waals surface area contributed by atoms with Crippen molar-refractivity contribution < 1.29 is 13.6 Å². The summed E-state index contributed by atoms with van der Waals surface area (Å²) in [5.74, 6) is -0.450. The fourth-order valence-electron chi connectivity index (χ4n) is 4.13. The van der Waals surface area contributed by atoms with Crippen molar-refractivity contribution in [2.24, 2.45) is 7.05 Å². The molecule has 0 spiro atoms. The second-order valence-corrected chi connectivity index (χ2v) is 8.09. The van der Waals surface area contributed by atoms with Crippen LogP contribution in [0.2, 0.25) is 0 Å². The maximum Gasteiger partial charge on any atom is 0.282 e. The van der Waals surface area contributed by atoms with Crippen LogP contribution in [0.25, 0.3) is 0 Å². The Balaban J connectivity index is 2.04. The van der Waals surface area contributed by atoms with Crippen molar-refractivity contribution in [1.29, 1.82) is 0 Å². The van der Waals surface area contributed by atoms with E-state index < -0.39 is 18.0 Å². The molecule has 1 aromatic heterocycles. The van der Waals surface area contributed by atoms with Crippen LogP contribution in [0.15, 0.2) is 18.3 Å². The van der Waals surface area contributed by atoms with E-state index in [1.807, 2.05) is 19.1 Å². The van der Waals surface area contributed by atoms with Gasteiger partial charge in [-0.15, -0.1) is 0 Å². The SMILES string of the molecule is Cc1ccc(NC(=O)c2cn(C)nc2C(F)F)c2c1C(C)(C)C(S)C2C. The van der Waals surface area contributed by atoms with Crippen LogP contribution in [0.4, 0.5) is 14.5 Å². The Labute approximate surface area is 157 Å². The Morgan fingerprint density at radius 2 is 2.04 bits per heavy atom. The van der Waals surface area contributed by atoms with Crippen LogP contribution in [0, 0.1) is 6.92 Å². The number of benzene rings is 1. The Morgan fingerprint density at radius 1 is 1.38 bits per heavy atom. The summed E-state index contributed by atoms with van der Waals surface area (Å²) in [6.45, 7) is 8.40. The van der Waals surface area contributed by atoms with Gasteiger partial charge >= 0.3 is 0 Å². The van der Waals surface area contributed by atoms with Crippen LogP contribution in [0.3, 0.4) is 0 Å². The second kappa shape index (κ2) is 6.37. The van der Waals surface area contributed by atoms with Gasteiger partial charge in [-0.1, -0.05) is 26.8 Å².